The largest absolute Gasteiger partial charge is 2.00 e. The standard InChI is InChI=1S/2C9H5.Zn/c2*1-3-5-7-9-8-6-4-2;/h2*3,5H,1H3;/q2*-1;+2/b2*5-3+;. The van der Waals surface area contributed by atoms with Gasteiger partial charge in [0.2, 0.25) is 0 Å². The normalized spacial score (nSPS) is 5.89. The first-order valence-corrected chi connectivity index (χ1v) is 4.90. The van der Waals surface area contributed by atoms with E-state index >= 15 is 0 Å². The van der Waals surface area contributed by atoms with Crippen molar-refractivity contribution in [2.45, 2.75) is 13.8 Å². The van der Waals surface area contributed by atoms with Crippen LogP contribution in [0.15, 0.2) is 24.3 Å². The van der Waals surface area contributed by atoms with Crippen molar-refractivity contribution in [2.24, 2.45) is 0 Å². The van der Waals surface area contributed by atoms with Crippen molar-refractivity contribution in [3.63, 3.8) is 0 Å². The molecular weight excluding hydrogens is 282 g/mol. The maximum atomic E-state index is 6.37. The summed E-state index contributed by atoms with van der Waals surface area (Å²) in [6.07, 6.45) is 19.8. The van der Waals surface area contributed by atoms with E-state index in [9.17, 15) is 0 Å². The van der Waals surface area contributed by atoms with Gasteiger partial charge in [-0.15, -0.1) is 11.8 Å². The molecule has 19 heavy (non-hydrogen) atoms. The summed E-state index contributed by atoms with van der Waals surface area (Å²) in [5, 5.41) is 0. The fourth-order valence-electron chi connectivity index (χ4n) is 0.447. The molecule has 0 aromatic carbocycles. The zero-order chi connectivity index (χ0) is 13.9. The molecule has 0 spiro atoms. The van der Waals surface area contributed by atoms with Gasteiger partial charge in [-0.05, 0) is 37.8 Å². The molecule has 0 heterocycles. The third kappa shape index (κ3) is 31.3. The summed E-state index contributed by atoms with van der Waals surface area (Å²) in [4.78, 5) is 0. The van der Waals surface area contributed by atoms with Gasteiger partial charge in [-0.1, -0.05) is 24.0 Å². The first-order valence-electron chi connectivity index (χ1n) is 4.90. The van der Waals surface area contributed by atoms with E-state index < -0.39 is 0 Å². The van der Waals surface area contributed by atoms with E-state index in [2.05, 4.69) is 47.4 Å². The van der Waals surface area contributed by atoms with Crippen LogP contribution in [-0.2, 0) is 19.5 Å². The van der Waals surface area contributed by atoms with Crippen LogP contribution in [-0.4, -0.2) is 0 Å². The molecular formula is C18H10Zn. The molecule has 0 bridgehead atoms. The van der Waals surface area contributed by atoms with Crippen molar-refractivity contribution in [3.8, 4) is 59.2 Å². The van der Waals surface area contributed by atoms with Gasteiger partial charge in [0, 0.05) is 0 Å². The molecule has 0 saturated carbocycles. The number of rotatable bonds is 0. The van der Waals surface area contributed by atoms with Crippen LogP contribution in [0.1, 0.15) is 13.8 Å². The molecule has 0 rings (SSSR count). The Morgan fingerprint density at radius 1 is 0.632 bits per heavy atom. The van der Waals surface area contributed by atoms with Gasteiger partial charge < -0.3 is 12.8 Å². The van der Waals surface area contributed by atoms with Crippen molar-refractivity contribution < 1.29 is 19.5 Å². The summed E-state index contributed by atoms with van der Waals surface area (Å²) in [5.74, 6) is 23.5. The molecule has 0 saturated heterocycles. The van der Waals surface area contributed by atoms with E-state index in [-0.39, 0.29) is 19.5 Å². The molecule has 0 amide bonds. The molecule has 0 aromatic rings. The summed E-state index contributed by atoms with van der Waals surface area (Å²) >= 11 is 0. The molecule has 0 atom stereocenters. The van der Waals surface area contributed by atoms with E-state index in [1.165, 1.54) is 0 Å². The molecule has 0 N–H and O–H groups in total. The van der Waals surface area contributed by atoms with Crippen LogP contribution in [0.2, 0.25) is 0 Å². The summed E-state index contributed by atoms with van der Waals surface area (Å²) in [6, 6.07) is 0. The molecule has 0 aliphatic heterocycles. The second kappa shape index (κ2) is 24.6. The van der Waals surface area contributed by atoms with Crippen molar-refractivity contribution in [3.05, 3.63) is 37.2 Å². The van der Waals surface area contributed by atoms with Crippen LogP contribution in [0.5, 0.6) is 0 Å². The molecule has 0 nitrogen and oxygen atoms in total. The average molecular weight is 292 g/mol. The molecule has 0 aromatic heterocycles. The SMILES string of the molecule is [C-]#CC#CC#C/C=C/C.[C-]#CC#CC#C/C=C/C.[Zn+2]. The average Bonchev–Trinajstić information content (AvgIpc) is 2.39. The minimum Gasteiger partial charge on any atom is -0.358 e. The Labute approximate surface area is 129 Å². The van der Waals surface area contributed by atoms with Crippen molar-refractivity contribution in [1.82, 2.24) is 0 Å². The summed E-state index contributed by atoms with van der Waals surface area (Å²) in [6.45, 7) is 3.76. The minimum absolute atomic E-state index is 0. The van der Waals surface area contributed by atoms with Crippen LogP contribution in [0, 0.1) is 72.1 Å². The molecule has 0 fully saturated rings. The zero-order valence-electron chi connectivity index (χ0n) is 11.0. The number of hydrogen-bond acceptors (Lipinski definition) is 0. The first kappa shape index (κ1) is 21.7. The Kier molecular flexibility index (Phi) is 28.1. The van der Waals surface area contributed by atoms with E-state index in [0.717, 1.165) is 0 Å². The molecule has 84 valence electrons. The van der Waals surface area contributed by atoms with Crippen molar-refractivity contribution in [1.29, 1.82) is 0 Å². The maximum absolute atomic E-state index is 6.37. The quantitative estimate of drug-likeness (QED) is 0.365. The van der Waals surface area contributed by atoms with Gasteiger partial charge in [-0.3, -0.25) is 11.8 Å². The van der Waals surface area contributed by atoms with E-state index in [1.54, 1.807) is 12.2 Å². The Hall–Kier alpha value is -2.54. The van der Waals surface area contributed by atoms with Gasteiger partial charge in [-0.25, -0.2) is 11.8 Å². The predicted molar refractivity (Wildman–Crippen MR) is 75.0 cm³/mol. The minimum atomic E-state index is 0. The Morgan fingerprint density at radius 2 is 1.00 bits per heavy atom. The first-order chi connectivity index (χ1) is 8.83. The van der Waals surface area contributed by atoms with Gasteiger partial charge in [0.15, 0.2) is 0 Å². The smallest absolute Gasteiger partial charge is 0.358 e. The van der Waals surface area contributed by atoms with Gasteiger partial charge in [0.25, 0.3) is 0 Å². The van der Waals surface area contributed by atoms with Crippen molar-refractivity contribution in [2.75, 3.05) is 0 Å². The maximum Gasteiger partial charge on any atom is 2.00 e. The summed E-state index contributed by atoms with van der Waals surface area (Å²) < 4.78 is 0. The van der Waals surface area contributed by atoms with Crippen LogP contribution in [0.3, 0.4) is 0 Å². The van der Waals surface area contributed by atoms with Gasteiger partial charge >= 0.3 is 19.5 Å². The topological polar surface area (TPSA) is 0 Å². The van der Waals surface area contributed by atoms with E-state index in [4.69, 9.17) is 12.8 Å². The number of allylic oxidation sites excluding steroid dienone is 4. The van der Waals surface area contributed by atoms with Gasteiger partial charge in [0.1, 0.15) is 0 Å². The Balaban J connectivity index is -0.000000256. The predicted octanol–water partition coefficient (Wildman–Crippen LogP) is 2.32. The van der Waals surface area contributed by atoms with E-state index in [0.29, 0.717) is 0 Å². The van der Waals surface area contributed by atoms with Crippen LogP contribution >= 0.6 is 0 Å². The zero-order valence-corrected chi connectivity index (χ0v) is 14.0. The van der Waals surface area contributed by atoms with Crippen LogP contribution in [0.4, 0.5) is 0 Å². The van der Waals surface area contributed by atoms with Crippen LogP contribution < -0.4 is 0 Å². The summed E-state index contributed by atoms with van der Waals surface area (Å²) in [7, 11) is 0. The third-order valence-corrected chi connectivity index (χ3v) is 1.02. The van der Waals surface area contributed by atoms with Crippen molar-refractivity contribution >= 4 is 0 Å². The second-order valence-corrected chi connectivity index (χ2v) is 2.29. The molecule has 0 aliphatic carbocycles. The van der Waals surface area contributed by atoms with Crippen LogP contribution in [0.25, 0.3) is 0 Å². The van der Waals surface area contributed by atoms with E-state index in [1.807, 2.05) is 37.8 Å². The number of hydrogen-bond donors (Lipinski definition) is 0. The van der Waals surface area contributed by atoms with Gasteiger partial charge in [0.05, 0.1) is 0 Å². The molecule has 1 heteroatoms. The third-order valence-electron chi connectivity index (χ3n) is 1.02. The second-order valence-electron chi connectivity index (χ2n) is 2.29. The summed E-state index contributed by atoms with van der Waals surface area (Å²) in [5.41, 5.74) is 0. The molecule has 0 radical (unpaired) electrons. The fourth-order valence-corrected chi connectivity index (χ4v) is 0.447. The monoisotopic (exact) mass is 290 g/mol. The Bertz CT molecular complexity index is 543. The Morgan fingerprint density at radius 3 is 1.26 bits per heavy atom. The molecule has 0 unspecified atom stereocenters. The molecule has 0 aliphatic rings. The van der Waals surface area contributed by atoms with Gasteiger partial charge in [-0.2, -0.15) is 0 Å². The fraction of sp³-hybridized carbons (Fsp3) is 0.111.